The van der Waals surface area contributed by atoms with Crippen molar-refractivity contribution in [2.24, 2.45) is 0 Å². The van der Waals surface area contributed by atoms with Crippen LogP contribution in [-0.4, -0.2) is 18.2 Å². The molecule has 106 valence electrons. The summed E-state index contributed by atoms with van der Waals surface area (Å²) in [5, 5.41) is 17.9. The van der Waals surface area contributed by atoms with Gasteiger partial charge in [-0.15, -0.1) is 0 Å². The SMILES string of the molecule is COc1cc(C#N)cc(Oc2ccc(C(=O)O)c(Cl)c2)c1. The van der Waals surface area contributed by atoms with Crippen molar-refractivity contribution >= 4 is 17.6 Å². The second-order valence-corrected chi connectivity index (χ2v) is 4.47. The lowest BCUT2D eigenvalue weighted by Crippen LogP contribution is -1.97. The van der Waals surface area contributed by atoms with Crippen LogP contribution in [0, 0.1) is 11.3 Å². The Balaban J connectivity index is 2.32. The molecule has 2 aromatic carbocycles. The first-order chi connectivity index (χ1) is 10.0. The average molecular weight is 304 g/mol. The van der Waals surface area contributed by atoms with Gasteiger partial charge in [0.15, 0.2) is 0 Å². The van der Waals surface area contributed by atoms with E-state index in [0.717, 1.165) is 0 Å². The van der Waals surface area contributed by atoms with Crippen LogP contribution in [0.1, 0.15) is 15.9 Å². The summed E-state index contributed by atoms with van der Waals surface area (Å²) in [5.41, 5.74) is 0.380. The molecule has 0 fully saturated rings. The molecule has 0 aliphatic carbocycles. The predicted octanol–water partition coefficient (Wildman–Crippen LogP) is 3.71. The molecular formula is C15H10ClNO4. The van der Waals surface area contributed by atoms with Gasteiger partial charge in [-0.05, 0) is 24.3 Å². The summed E-state index contributed by atoms with van der Waals surface area (Å²) in [6.45, 7) is 0. The molecule has 0 atom stereocenters. The second-order valence-electron chi connectivity index (χ2n) is 4.06. The number of methoxy groups -OCH3 is 1. The highest BCUT2D eigenvalue weighted by molar-refractivity contribution is 6.33. The van der Waals surface area contributed by atoms with Crippen LogP contribution in [-0.2, 0) is 0 Å². The average Bonchev–Trinajstić information content (AvgIpc) is 2.46. The number of hydrogen-bond acceptors (Lipinski definition) is 4. The monoisotopic (exact) mass is 303 g/mol. The van der Waals surface area contributed by atoms with E-state index in [-0.39, 0.29) is 10.6 Å². The van der Waals surface area contributed by atoms with Crippen molar-refractivity contribution in [3.8, 4) is 23.3 Å². The van der Waals surface area contributed by atoms with Gasteiger partial charge in [0.25, 0.3) is 0 Å². The Hall–Kier alpha value is -2.71. The fraction of sp³-hybridized carbons (Fsp3) is 0.0667. The molecule has 2 aromatic rings. The second kappa shape index (κ2) is 6.16. The number of benzene rings is 2. The fourth-order valence-electron chi connectivity index (χ4n) is 1.68. The minimum Gasteiger partial charge on any atom is -0.497 e. The highest BCUT2D eigenvalue weighted by atomic mass is 35.5. The summed E-state index contributed by atoms with van der Waals surface area (Å²) in [6, 6.07) is 11.0. The highest BCUT2D eigenvalue weighted by Crippen LogP contribution is 2.29. The van der Waals surface area contributed by atoms with Crippen molar-refractivity contribution < 1.29 is 19.4 Å². The Morgan fingerprint density at radius 1 is 1.19 bits per heavy atom. The van der Waals surface area contributed by atoms with Gasteiger partial charge in [-0.1, -0.05) is 11.6 Å². The summed E-state index contributed by atoms with van der Waals surface area (Å²) >= 11 is 5.87. The zero-order valence-corrected chi connectivity index (χ0v) is 11.7. The molecule has 0 spiro atoms. The standard InChI is InChI=1S/C15H10ClNO4/c1-20-11-4-9(8-17)5-12(6-11)21-10-2-3-13(15(18)19)14(16)7-10/h2-7H,1H3,(H,18,19). The Kier molecular flexibility index (Phi) is 4.31. The van der Waals surface area contributed by atoms with Gasteiger partial charge in [0.1, 0.15) is 17.2 Å². The van der Waals surface area contributed by atoms with Crippen LogP contribution in [0.3, 0.4) is 0 Å². The van der Waals surface area contributed by atoms with Gasteiger partial charge in [0.05, 0.1) is 29.3 Å². The minimum absolute atomic E-state index is 0.00706. The van der Waals surface area contributed by atoms with Crippen LogP contribution in [0.5, 0.6) is 17.2 Å². The Morgan fingerprint density at radius 2 is 1.90 bits per heavy atom. The van der Waals surface area contributed by atoms with E-state index >= 15 is 0 Å². The third-order valence-corrected chi connectivity index (χ3v) is 2.96. The van der Waals surface area contributed by atoms with Gasteiger partial charge in [0, 0.05) is 12.1 Å². The zero-order valence-electron chi connectivity index (χ0n) is 11.0. The van der Waals surface area contributed by atoms with Crippen molar-refractivity contribution in [2.75, 3.05) is 7.11 Å². The lowest BCUT2D eigenvalue weighted by Gasteiger charge is -2.09. The summed E-state index contributed by atoms with van der Waals surface area (Å²) in [4.78, 5) is 10.9. The number of ether oxygens (including phenoxy) is 2. The molecule has 0 saturated heterocycles. The number of rotatable bonds is 4. The molecule has 0 aliphatic rings. The van der Waals surface area contributed by atoms with Crippen LogP contribution in [0.25, 0.3) is 0 Å². The van der Waals surface area contributed by atoms with Crippen LogP contribution in [0.15, 0.2) is 36.4 Å². The van der Waals surface area contributed by atoms with E-state index in [1.807, 2.05) is 6.07 Å². The van der Waals surface area contributed by atoms with Crippen LogP contribution >= 0.6 is 11.6 Å². The summed E-state index contributed by atoms with van der Waals surface area (Å²) in [6.07, 6.45) is 0. The third-order valence-electron chi connectivity index (χ3n) is 2.65. The van der Waals surface area contributed by atoms with Gasteiger partial charge in [-0.2, -0.15) is 5.26 Å². The summed E-state index contributed by atoms with van der Waals surface area (Å²) in [7, 11) is 1.48. The van der Waals surface area contributed by atoms with Gasteiger partial charge in [0.2, 0.25) is 0 Å². The Bertz CT molecular complexity index is 737. The molecule has 6 heteroatoms. The maximum atomic E-state index is 10.9. The normalized spacial score (nSPS) is 9.76. The quantitative estimate of drug-likeness (QED) is 0.931. The lowest BCUT2D eigenvalue weighted by molar-refractivity contribution is 0.0697. The molecule has 0 amide bonds. The van der Waals surface area contributed by atoms with Gasteiger partial charge >= 0.3 is 5.97 Å². The number of hydrogen-bond donors (Lipinski definition) is 1. The number of halogens is 1. The first kappa shape index (κ1) is 14.7. The third kappa shape index (κ3) is 3.44. The summed E-state index contributed by atoms with van der Waals surface area (Å²) in [5.74, 6) is 0.129. The molecule has 0 aromatic heterocycles. The van der Waals surface area contributed by atoms with Crippen molar-refractivity contribution in [3.05, 3.63) is 52.5 Å². The van der Waals surface area contributed by atoms with Gasteiger partial charge in [-0.25, -0.2) is 4.79 Å². The number of carbonyl (C=O) groups is 1. The molecule has 5 nitrogen and oxygen atoms in total. The molecule has 1 N–H and O–H groups in total. The Morgan fingerprint density at radius 3 is 2.48 bits per heavy atom. The number of nitrogens with zero attached hydrogens (tertiary/aromatic N) is 1. The number of carboxylic acids is 1. The highest BCUT2D eigenvalue weighted by Gasteiger charge is 2.10. The lowest BCUT2D eigenvalue weighted by atomic mass is 10.2. The smallest absolute Gasteiger partial charge is 0.337 e. The number of nitriles is 1. The molecular weight excluding hydrogens is 294 g/mol. The van der Waals surface area contributed by atoms with Crippen molar-refractivity contribution in [1.29, 1.82) is 5.26 Å². The molecule has 0 aliphatic heterocycles. The number of carboxylic acid groups (broad SMARTS) is 1. The number of aromatic carboxylic acids is 1. The van der Waals surface area contributed by atoms with Crippen LogP contribution in [0.2, 0.25) is 5.02 Å². The van der Waals surface area contributed by atoms with Crippen molar-refractivity contribution in [3.63, 3.8) is 0 Å². The van der Waals surface area contributed by atoms with E-state index in [0.29, 0.717) is 22.8 Å². The van der Waals surface area contributed by atoms with Crippen LogP contribution in [0.4, 0.5) is 0 Å². The van der Waals surface area contributed by atoms with E-state index in [1.165, 1.54) is 25.3 Å². The van der Waals surface area contributed by atoms with Crippen molar-refractivity contribution in [2.45, 2.75) is 0 Å². The minimum atomic E-state index is -1.11. The molecule has 0 heterocycles. The first-order valence-electron chi connectivity index (χ1n) is 5.83. The molecule has 0 bridgehead atoms. The van der Waals surface area contributed by atoms with E-state index < -0.39 is 5.97 Å². The maximum Gasteiger partial charge on any atom is 0.337 e. The fourth-order valence-corrected chi connectivity index (χ4v) is 1.93. The molecule has 0 radical (unpaired) electrons. The van der Waals surface area contributed by atoms with E-state index in [4.69, 9.17) is 31.4 Å². The maximum absolute atomic E-state index is 10.9. The molecule has 0 unspecified atom stereocenters. The van der Waals surface area contributed by atoms with Crippen LogP contribution < -0.4 is 9.47 Å². The molecule has 21 heavy (non-hydrogen) atoms. The Labute approximate surface area is 125 Å². The van der Waals surface area contributed by atoms with Gasteiger partial charge < -0.3 is 14.6 Å². The molecule has 2 rings (SSSR count). The van der Waals surface area contributed by atoms with E-state index in [9.17, 15) is 4.79 Å². The van der Waals surface area contributed by atoms with Crippen molar-refractivity contribution in [1.82, 2.24) is 0 Å². The predicted molar refractivity (Wildman–Crippen MR) is 76.2 cm³/mol. The first-order valence-corrected chi connectivity index (χ1v) is 6.21. The van der Waals surface area contributed by atoms with E-state index in [1.54, 1.807) is 18.2 Å². The topological polar surface area (TPSA) is 79.5 Å². The molecule has 0 saturated carbocycles. The largest absolute Gasteiger partial charge is 0.497 e. The van der Waals surface area contributed by atoms with E-state index in [2.05, 4.69) is 0 Å². The van der Waals surface area contributed by atoms with Gasteiger partial charge in [-0.3, -0.25) is 0 Å². The zero-order chi connectivity index (χ0) is 15.4. The summed E-state index contributed by atoms with van der Waals surface area (Å²) < 4.78 is 10.6.